The van der Waals surface area contributed by atoms with Crippen molar-refractivity contribution in [3.8, 4) is 0 Å². The molecule has 2 heterocycles. The summed E-state index contributed by atoms with van der Waals surface area (Å²) in [4.78, 5) is 8.73. The molecule has 0 aromatic carbocycles. The predicted octanol–water partition coefficient (Wildman–Crippen LogP) is 3.17. The van der Waals surface area contributed by atoms with Gasteiger partial charge in [0.1, 0.15) is 18.0 Å². The van der Waals surface area contributed by atoms with Gasteiger partial charge in [-0.1, -0.05) is 13.3 Å². The number of anilines is 2. The minimum atomic E-state index is 0.732. The van der Waals surface area contributed by atoms with Crippen LogP contribution in [-0.4, -0.2) is 34.1 Å². The quantitative estimate of drug-likeness (QED) is 0.838. The normalized spacial score (nSPS) is 19.2. The third-order valence-corrected chi connectivity index (χ3v) is 4.81. The summed E-state index contributed by atoms with van der Waals surface area (Å²) in [5.41, 5.74) is 1.20. The lowest BCUT2D eigenvalue weighted by Gasteiger charge is -2.22. The monoisotopic (exact) mass is 280 g/mol. The van der Waals surface area contributed by atoms with E-state index in [4.69, 9.17) is 0 Å². The molecule has 1 saturated heterocycles. The Hall–Kier alpha value is -0.970. The van der Waals surface area contributed by atoms with Gasteiger partial charge < -0.3 is 10.6 Å². The second-order valence-electron chi connectivity index (χ2n) is 4.80. The molecule has 4 nitrogen and oxygen atoms in total. The van der Waals surface area contributed by atoms with Gasteiger partial charge in [0.05, 0.1) is 0 Å². The van der Waals surface area contributed by atoms with Gasteiger partial charge in [-0.15, -0.1) is 0 Å². The molecule has 0 saturated carbocycles. The predicted molar refractivity (Wildman–Crippen MR) is 84.2 cm³/mol. The van der Waals surface area contributed by atoms with Crippen molar-refractivity contribution in [2.45, 2.75) is 44.8 Å². The van der Waals surface area contributed by atoms with Crippen molar-refractivity contribution >= 4 is 23.4 Å². The van der Waals surface area contributed by atoms with Gasteiger partial charge in [0, 0.05) is 23.9 Å². The molecule has 1 unspecified atom stereocenters. The number of hydrogen-bond donors (Lipinski definition) is 2. The molecular weight excluding hydrogens is 256 g/mol. The van der Waals surface area contributed by atoms with Crippen molar-refractivity contribution < 1.29 is 0 Å². The van der Waals surface area contributed by atoms with Gasteiger partial charge >= 0.3 is 0 Å². The van der Waals surface area contributed by atoms with Crippen LogP contribution in [0.5, 0.6) is 0 Å². The van der Waals surface area contributed by atoms with E-state index in [1.807, 2.05) is 0 Å². The third-order valence-electron chi connectivity index (χ3n) is 3.41. The van der Waals surface area contributed by atoms with Gasteiger partial charge in [-0.25, -0.2) is 9.97 Å². The molecule has 1 atom stereocenters. The van der Waals surface area contributed by atoms with Gasteiger partial charge in [0.2, 0.25) is 0 Å². The first kappa shape index (κ1) is 14.4. The lowest BCUT2D eigenvalue weighted by Crippen LogP contribution is -2.21. The van der Waals surface area contributed by atoms with E-state index in [-0.39, 0.29) is 0 Å². The topological polar surface area (TPSA) is 49.8 Å². The van der Waals surface area contributed by atoms with Gasteiger partial charge in [0.15, 0.2) is 0 Å². The standard InChI is InChI=1S/C14H24N4S/c1-3-12-13(15-4-2)17-10-18-14(12)16-9-11-7-5-6-8-19-11/h10-11H,3-9H2,1-2H3,(H2,15,16,17,18). The zero-order valence-electron chi connectivity index (χ0n) is 11.9. The summed E-state index contributed by atoms with van der Waals surface area (Å²) in [6.07, 6.45) is 6.66. The van der Waals surface area contributed by atoms with E-state index in [0.717, 1.165) is 36.4 Å². The molecule has 5 heteroatoms. The Morgan fingerprint density at radius 1 is 1.21 bits per heavy atom. The van der Waals surface area contributed by atoms with Gasteiger partial charge in [-0.3, -0.25) is 0 Å². The van der Waals surface area contributed by atoms with E-state index in [1.165, 1.54) is 30.6 Å². The average Bonchev–Trinajstić information content (AvgIpc) is 2.46. The zero-order valence-corrected chi connectivity index (χ0v) is 12.7. The van der Waals surface area contributed by atoms with Crippen LogP contribution >= 0.6 is 11.8 Å². The summed E-state index contributed by atoms with van der Waals surface area (Å²) in [5, 5.41) is 7.56. The van der Waals surface area contributed by atoms with Gasteiger partial charge in [0.25, 0.3) is 0 Å². The average molecular weight is 280 g/mol. The van der Waals surface area contributed by atoms with E-state index in [1.54, 1.807) is 6.33 Å². The summed E-state index contributed by atoms with van der Waals surface area (Å²) in [5.74, 6) is 3.28. The van der Waals surface area contributed by atoms with Crippen molar-refractivity contribution in [1.82, 2.24) is 9.97 Å². The molecular formula is C14H24N4S. The van der Waals surface area contributed by atoms with Crippen LogP contribution in [-0.2, 0) is 6.42 Å². The Morgan fingerprint density at radius 3 is 2.63 bits per heavy atom. The van der Waals surface area contributed by atoms with Crippen LogP contribution in [0.15, 0.2) is 6.33 Å². The molecule has 1 aromatic heterocycles. The van der Waals surface area contributed by atoms with Crippen LogP contribution < -0.4 is 10.6 Å². The first-order valence-corrected chi connectivity index (χ1v) is 8.33. The first-order chi connectivity index (χ1) is 9.35. The fourth-order valence-corrected chi connectivity index (χ4v) is 3.64. The van der Waals surface area contributed by atoms with E-state index >= 15 is 0 Å². The highest BCUT2D eigenvalue weighted by atomic mass is 32.2. The lowest BCUT2D eigenvalue weighted by atomic mass is 10.1. The molecule has 1 aliphatic heterocycles. The number of nitrogens with one attached hydrogen (secondary N) is 2. The smallest absolute Gasteiger partial charge is 0.134 e. The SMILES string of the molecule is CCNc1ncnc(NCC2CCCCS2)c1CC. The maximum Gasteiger partial charge on any atom is 0.134 e. The second-order valence-corrected chi connectivity index (χ2v) is 6.21. The summed E-state index contributed by atoms with van der Waals surface area (Å²) in [7, 11) is 0. The number of hydrogen-bond acceptors (Lipinski definition) is 5. The highest BCUT2D eigenvalue weighted by Gasteiger charge is 2.15. The number of rotatable bonds is 6. The molecule has 1 aromatic rings. The first-order valence-electron chi connectivity index (χ1n) is 7.28. The van der Waals surface area contributed by atoms with E-state index in [9.17, 15) is 0 Å². The zero-order chi connectivity index (χ0) is 13.5. The summed E-state index contributed by atoms with van der Waals surface area (Å²) < 4.78 is 0. The Balaban J connectivity index is 2.00. The molecule has 1 fully saturated rings. The van der Waals surface area contributed by atoms with Crippen molar-refractivity contribution in [3.63, 3.8) is 0 Å². The molecule has 106 valence electrons. The Labute approximate surface area is 120 Å². The molecule has 2 N–H and O–H groups in total. The van der Waals surface area contributed by atoms with E-state index in [0.29, 0.717) is 0 Å². The maximum absolute atomic E-state index is 4.41. The molecule has 0 amide bonds. The fourth-order valence-electron chi connectivity index (χ4n) is 2.40. The second kappa shape index (κ2) is 7.58. The number of thioether (sulfide) groups is 1. The fraction of sp³-hybridized carbons (Fsp3) is 0.714. The highest BCUT2D eigenvalue weighted by Crippen LogP contribution is 2.26. The Kier molecular flexibility index (Phi) is 5.76. The van der Waals surface area contributed by atoms with Crippen LogP contribution in [0.2, 0.25) is 0 Å². The van der Waals surface area contributed by atoms with Crippen LogP contribution in [0.3, 0.4) is 0 Å². The van der Waals surface area contributed by atoms with Crippen LogP contribution in [0.25, 0.3) is 0 Å². The summed E-state index contributed by atoms with van der Waals surface area (Å²) in [6, 6.07) is 0. The molecule has 0 aliphatic carbocycles. The van der Waals surface area contributed by atoms with E-state index in [2.05, 4.69) is 46.2 Å². The van der Waals surface area contributed by atoms with Crippen LogP contribution in [0.1, 0.15) is 38.7 Å². The Morgan fingerprint density at radius 2 is 2.00 bits per heavy atom. The molecule has 0 radical (unpaired) electrons. The maximum atomic E-state index is 4.41. The highest BCUT2D eigenvalue weighted by molar-refractivity contribution is 7.99. The van der Waals surface area contributed by atoms with Crippen molar-refractivity contribution in [3.05, 3.63) is 11.9 Å². The minimum Gasteiger partial charge on any atom is -0.370 e. The van der Waals surface area contributed by atoms with Crippen molar-refractivity contribution in [1.29, 1.82) is 0 Å². The third kappa shape index (κ3) is 4.00. The molecule has 0 bridgehead atoms. The molecule has 2 rings (SSSR count). The van der Waals surface area contributed by atoms with Crippen molar-refractivity contribution in [2.75, 3.05) is 29.5 Å². The minimum absolute atomic E-state index is 0.732. The largest absolute Gasteiger partial charge is 0.370 e. The van der Waals surface area contributed by atoms with E-state index < -0.39 is 0 Å². The van der Waals surface area contributed by atoms with Crippen LogP contribution in [0, 0.1) is 0 Å². The van der Waals surface area contributed by atoms with Crippen LogP contribution in [0.4, 0.5) is 11.6 Å². The van der Waals surface area contributed by atoms with Gasteiger partial charge in [-0.2, -0.15) is 11.8 Å². The van der Waals surface area contributed by atoms with Gasteiger partial charge in [-0.05, 0) is 31.9 Å². The number of nitrogens with zero attached hydrogens (tertiary/aromatic N) is 2. The lowest BCUT2D eigenvalue weighted by molar-refractivity contribution is 0.676. The molecule has 1 aliphatic rings. The number of aromatic nitrogens is 2. The Bertz CT molecular complexity index is 391. The van der Waals surface area contributed by atoms with Crippen molar-refractivity contribution in [2.24, 2.45) is 0 Å². The summed E-state index contributed by atoms with van der Waals surface area (Å²) >= 11 is 2.09. The molecule has 0 spiro atoms. The molecule has 19 heavy (non-hydrogen) atoms. The summed E-state index contributed by atoms with van der Waals surface area (Å²) in [6.45, 7) is 6.15.